The zero-order valence-corrected chi connectivity index (χ0v) is 13.2. The second-order valence-corrected chi connectivity index (χ2v) is 5.95. The normalized spacial score (nSPS) is 12.5. The molecule has 2 N–H and O–H groups in total. The maximum atomic E-state index is 13.5. The van der Waals surface area contributed by atoms with E-state index in [2.05, 4.69) is 15.9 Å². The summed E-state index contributed by atoms with van der Waals surface area (Å²) < 4.78 is 26.6. The van der Waals surface area contributed by atoms with E-state index in [0.29, 0.717) is 22.0 Å². The van der Waals surface area contributed by atoms with Crippen LogP contribution < -0.4 is 5.73 Å². The molecular weight excluding hydrogens is 371 g/mol. The molecule has 0 spiro atoms. The van der Waals surface area contributed by atoms with Crippen LogP contribution in [0, 0.1) is 11.6 Å². The monoisotopic (exact) mass is 379 g/mol. The maximum Gasteiger partial charge on any atom is 0.173 e. The lowest BCUT2D eigenvalue weighted by Crippen LogP contribution is -2.15. The predicted molar refractivity (Wildman–Crippen MR) is 81.2 cm³/mol. The zero-order chi connectivity index (χ0) is 14.9. The van der Waals surface area contributed by atoms with Gasteiger partial charge in [0, 0.05) is 16.1 Å². The van der Waals surface area contributed by atoms with Crippen LogP contribution in [0.1, 0.15) is 17.2 Å². The topological polar surface area (TPSA) is 26.0 Å². The van der Waals surface area contributed by atoms with Crippen molar-refractivity contribution >= 4 is 39.1 Å². The summed E-state index contributed by atoms with van der Waals surface area (Å²) in [4.78, 5) is 0. The van der Waals surface area contributed by atoms with E-state index in [0.717, 1.165) is 11.6 Å². The van der Waals surface area contributed by atoms with E-state index in [4.69, 9.17) is 28.9 Å². The van der Waals surface area contributed by atoms with Crippen LogP contribution in [0.2, 0.25) is 10.0 Å². The van der Waals surface area contributed by atoms with Gasteiger partial charge in [-0.15, -0.1) is 0 Å². The molecule has 0 aliphatic rings. The molecule has 0 heterocycles. The van der Waals surface area contributed by atoms with Gasteiger partial charge >= 0.3 is 0 Å². The number of rotatable bonds is 3. The van der Waals surface area contributed by atoms with Crippen molar-refractivity contribution in [3.63, 3.8) is 0 Å². The van der Waals surface area contributed by atoms with Gasteiger partial charge in [0.05, 0.1) is 4.47 Å². The summed E-state index contributed by atoms with van der Waals surface area (Å²) in [6.45, 7) is 0. The molecule has 0 saturated carbocycles. The molecule has 0 radical (unpaired) electrons. The molecule has 0 aromatic heterocycles. The second kappa shape index (κ2) is 6.39. The average Bonchev–Trinajstić information content (AvgIpc) is 2.40. The number of halogens is 5. The van der Waals surface area contributed by atoms with Crippen LogP contribution in [0.4, 0.5) is 8.78 Å². The van der Waals surface area contributed by atoms with Crippen LogP contribution in [0.5, 0.6) is 0 Å². The predicted octanol–water partition coefficient (Wildman–Crippen LogP) is 5.28. The Kier molecular flexibility index (Phi) is 5.02. The molecular formula is C14H10BrCl2F2N. The third kappa shape index (κ3) is 3.31. The highest BCUT2D eigenvalue weighted by molar-refractivity contribution is 9.10. The third-order valence-corrected chi connectivity index (χ3v) is 4.32. The lowest BCUT2D eigenvalue weighted by molar-refractivity contribution is 0.500. The van der Waals surface area contributed by atoms with E-state index < -0.39 is 17.7 Å². The third-order valence-electron chi connectivity index (χ3n) is 2.91. The Balaban J connectivity index is 2.31. The van der Waals surface area contributed by atoms with Gasteiger partial charge in [-0.3, -0.25) is 0 Å². The van der Waals surface area contributed by atoms with Gasteiger partial charge in [0.25, 0.3) is 0 Å². The summed E-state index contributed by atoms with van der Waals surface area (Å²) in [5.41, 5.74) is 7.27. The summed E-state index contributed by atoms with van der Waals surface area (Å²) in [5, 5.41) is 1.07. The number of hydrogen-bond donors (Lipinski definition) is 1. The quantitative estimate of drug-likeness (QED) is 0.720. The van der Waals surface area contributed by atoms with Gasteiger partial charge in [0.2, 0.25) is 0 Å². The Bertz CT molecular complexity index is 649. The van der Waals surface area contributed by atoms with E-state index in [1.807, 2.05) is 0 Å². The standard InChI is InChI=1S/C14H10BrCl2F2N/c15-13-9(2-4-11(18)14(13)19)12(20)6-7-5-8(16)1-3-10(7)17/h1-5,12H,6,20H2. The first-order chi connectivity index (χ1) is 9.40. The Morgan fingerprint density at radius 1 is 1.15 bits per heavy atom. The second-order valence-electron chi connectivity index (χ2n) is 4.31. The van der Waals surface area contributed by atoms with Crippen molar-refractivity contribution in [2.45, 2.75) is 12.5 Å². The molecule has 0 aliphatic carbocycles. The number of benzene rings is 2. The first-order valence-electron chi connectivity index (χ1n) is 5.73. The lowest BCUT2D eigenvalue weighted by atomic mass is 9.99. The molecule has 20 heavy (non-hydrogen) atoms. The smallest absolute Gasteiger partial charge is 0.173 e. The summed E-state index contributed by atoms with van der Waals surface area (Å²) in [5.74, 6) is -1.87. The van der Waals surface area contributed by atoms with E-state index in [-0.39, 0.29) is 4.47 Å². The SMILES string of the molecule is NC(Cc1cc(Cl)ccc1Cl)c1ccc(F)c(F)c1Br. The van der Waals surface area contributed by atoms with E-state index in [1.165, 1.54) is 6.07 Å². The van der Waals surface area contributed by atoms with Gasteiger partial charge in [-0.2, -0.15) is 0 Å². The fraction of sp³-hybridized carbons (Fsp3) is 0.143. The Morgan fingerprint density at radius 3 is 2.55 bits per heavy atom. The van der Waals surface area contributed by atoms with Crippen molar-refractivity contribution < 1.29 is 8.78 Å². The first kappa shape index (κ1) is 15.7. The minimum absolute atomic E-state index is 0.0307. The average molecular weight is 381 g/mol. The molecule has 0 amide bonds. The van der Waals surface area contributed by atoms with Crippen LogP contribution in [-0.2, 0) is 6.42 Å². The van der Waals surface area contributed by atoms with Crippen molar-refractivity contribution in [3.8, 4) is 0 Å². The molecule has 1 nitrogen and oxygen atoms in total. The summed E-state index contributed by atoms with van der Waals surface area (Å²) >= 11 is 15.0. The molecule has 0 fully saturated rings. The molecule has 2 aromatic rings. The fourth-order valence-corrected chi connectivity index (χ4v) is 2.88. The minimum Gasteiger partial charge on any atom is -0.324 e. The van der Waals surface area contributed by atoms with Gasteiger partial charge in [-0.25, -0.2) is 8.78 Å². The van der Waals surface area contributed by atoms with E-state index >= 15 is 0 Å². The highest BCUT2D eigenvalue weighted by atomic mass is 79.9. The fourth-order valence-electron chi connectivity index (χ4n) is 1.87. The number of nitrogens with two attached hydrogens (primary N) is 1. The summed E-state index contributed by atoms with van der Waals surface area (Å²) in [6, 6.07) is 7.02. The van der Waals surface area contributed by atoms with Gasteiger partial charge in [-0.05, 0) is 57.7 Å². The van der Waals surface area contributed by atoms with Gasteiger partial charge in [0.15, 0.2) is 11.6 Å². The van der Waals surface area contributed by atoms with E-state index in [9.17, 15) is 8.78 Å². The van der Waals surface area contributed by atoms with Crippen molar-refractivity contribution in [1.29, 1.82) is 0 Å². The van der Waals surface area contributed by atoms with Crippen LogP contribution in [0.25, 0.3) is 0 Å². The van der Waals surface area contributed by atoms with Crippen LogP contribution in [0.15, 0.2) is 34.8 Å². The van der Waals surface area contributed by atoms with E-state index in [1.54, 1.807) is 18.2 Å². The molecule has 0 aliphatic heterocycles. The largest absolute Gasteiger partial charge is 0.324 e. The van der Waals surface area contributed by atoms with Crippen molar-refractivity contribution in [3.05, 3.63) is 67.6 Å². The minimum atomic E-state index is -0.949. The Morgan fingerprint density at radius 2 is 1.85 bits per heavy atom. The molecule has 2 aromatic carbocycles. The molecule has 1 unspecified atom stereocenters. The summed E-state index contributed by atoms with van der Waals surface area (Å²) in [7, 11) is 0. The highest BCUT2D eigenvalue weighted by Crippen LogP contribution is 2.30. The molecule has 0 bridgehead atoms. The lowest BCUT2D eigenvalue weighted by Gasteiger charge is -2.15. The van der Waals surface area contributed by atoms with Gasteiger partial charge in [-0.1, -0.05) is 29.3 Å². The van der Waals surface area contributed by atoms with Gasteiger partial charge in [0.1, 0.15) is 0 Å². The molecule has 0 saturated heterocycles. The molecule has 106 valence electrons. The Labute approximate surface area is 133 Å². The molecule has 2 rings (SSSR count). The molecule has 6 heteroatoms. The van der Waals surface area contributed by atoms with Crippen LogP contribution in [0.3, 0.4) is 0 Å². The first-order valence-corrected chi connectivity index (χ1v) is 7.28. The van der Waals surface area contributed by atoms with Crippen molar-refractivity contribution in [2.75, 3.05) is 0 Å². The maximum absolute atomic E-state index is 13.5. The van der Waals surface area contributed by atoms with Crippen molar-refractivity contribution in [1.82, 2.24) is 0 Å². The number of hydrogen-bond acceptors (Lipinski definition) is 1. The van der Waals surface area contributed by atoms with Crippen LogP contribution in [-0.4, -0.2) is 0 Å². The Hall–Kier alpha value is -0.680. The molecule has 1 atom stereocenters. The summed E-state index contributed by atoms with van der Waals surface area (Å²) in [6.07, 6.45) is 0.364. The van der Waals surface area contributed by atoms with Gasteiger partial charge < -0.3 is 5.73 Å². The van der Waals surface area contributed by atoms with Crippen LogP contribution >= 0.6 is 39.1 Å². The highest BCUT2D eigenvalue weighted by Gasteiger charge is 2.17. The van der Waals surface area contributed by atoms with Crippen molar-refractivity contribution in [2.24, 2.45) is 5.73 Å². The zero-order valence-electron chi connectivity index (χ0n) is 10.1.